The van der Waals surface area contributed by atoms with Crippen LogP contribution in [0.5, 0.6) is 0 Å². The molecule has 2 N–H and O–H groups in total. The second kappa shape index (κ2) is 7.88. The Bertz CT molecular complexity index is 480. The second-order valence-corrected chi connectivity index (χ2v) is 8.40. The molecule has 1 saturated heterocycles. The third-order valence-corrected chi connectivity index (χ3v) is 6.79. The maximum atomic E-state index is 12.2. The minimum absolute atomic E-state index is 0.00714. The molecule has 0 spiro atoms. The molecule has 1 fully saturated rings. The van der Waals surface area contributed by atoms with E-state index in [0.29, 0.717) is 24.5 Å². The number of carbonyl (C=O) groups is 2. The molecular weight excluding hydrogens is 316 g/mol. The summed E-state index contributed by atoms with van der Waals surface area (Å²) in [6, 6.07) is -0.503. The maximum Gasteiger partial charge on any atom is 0.318 e. The molecule has 9 heteroatoms. The monoisotopic (exact) mass is 338 g/mol. The van der Waals surface area contributed by atoms with Crippen LogP contribution < -0.4 is 5.32 Å². The van der Waals surface area contributed by atoms with Crippen LogP contribution >= 0.6 is 11.8 Å². The first-order valence-electron chi connectivity index (χ1n) is 6.90. The summed E-state index contributed by atoms with van der Waals surface area (Å²) in [5.41, 5.74) is 0. The van der Waals surface area contributed by atoms with Gasteiger partial charge in [-0.15, -0.1) is 0 Å². The number of nitrogens with zero attached hydrogens (tertiary/aromatic N) is 1. The van der Waals surface area contributed by atoms with Crippen LogP contribution in [0.3, 0.4) is 0 Å². The highest BCUT2D eigenvalue weighted by atomic mass is 32.2. The number of amides is 2. The molecule has 1 rings (SSSR count). The van der Waals surface area contributed by atoms with E-state index in [1.54, 1.807) is 13.8 Å². The van der Waals surface area contributed by atoms with E-state index in [0.717, 1.165) is 0 Å². The van der Waals surface area contributed by atoms with Crippen molar-refractivity contribution in [2.45, 2.75) is 25.6 Å². The SMILES string of the molecule is CCC(CNC(=O)N1CCSCC1S(=O)(=O)CC)C(=O)O. The molecule has 0 saturated carbocycles. The molecule has 1 aliphatic heterocycles. The lowest BCUT2D eigenvalue weighted by Gasteiger charge is -2.34. The number of hydrogen-bond acceptors (Lipinski definition) is 5. The number of urea groups is 1. The van der Waals surface area contributed by atoms with Gasteiger partial charge in [0.05, 0.1) is 5.92 Å². The summed E-state index contributed by atoms with van der Waals surface area (Å²) in [6.45, 7) is 3.65. The van der Waals surface area contributed by atoms with Crippen molar-refractivity contribution < 1.29 is 23.1 Å². The van der Waals surface area contributed by atoms with E-state index in [-0.39, 0.29) is 12.3 Å². The van der Waals surface area contributed by atoms with Crippen molar-refractivity contribution in [1.29, 1.82) is 0 Å². The molecule has 1 heterocycles. The summed E-state index contributed by atoms with van der Waals surface area (Å²) >= 11 is 1.51. The topological polar surface area (TPSA) is 104 Å². The van der Waals surface area contributed by atoms with Crippen LogP contribution in [0.15, 0.2) is 0 Å². The highest BCUT2D eigenvalue weighted by Gasteiger charge is 2.35. The number of carbonyl (C=O) groups excluding carboxylic acids is 1. The number of thioether (sulfide) groups is 1. The number of hydrogen-bond donors (Lipinski definition) is 2. The van der Waals surface area contributed by atoms with E-state index >= 15 is 0 Å². The fraction of sp³-hybridized carbons (Fsp3) is 0.833. The standard InChI is InChI=1S/C12H22N2O5S2/c1-3-9(11(15)16)7-13-12(17)14-5-6-20-8-10(14)21(18,19)4-2/h9-10H,3-8H2,1-2H3,(H,13,17)(H,15,16). The first-order valence-corrected chi connectivity index (χ1v) is 9.77. The Morgan fingerprint density at radius 2 is 2.10 bits per heavy atom. The van der Waals surface area contributed by atoms with Crippen molar-refractivity contribution in [3.63, 3.8) is 0 Å². The highest BCUT2D eigenvalue weighted by molar-refractivity contribution is 8.01. The Hall–Kier alpha value is -0.960. The van der Waals surface area contributed by atoms with Crippen LogP contribution in [0.4, 0.5) is 4.79 Å². The van der Waals surface area contributed by atoms with Gasteiger partial charge in [0.25, 0.3) is 0 Å². The lowest BCUT2D eigenvalue weighted by molar-refractivity contribution is -0.141. The van der Waals surface area contributed by atoms with E-state index in [4.69, 9.17) is 5.11 Å². The van der Waals surface area contributed by atoms with Gasteiger partial charge in [-0.2, -0.15) is 11.8 Å². The number of carboxylic acid groups (broad SMARTS) is 1. The predicted molar refractivity (Wildman–Crippen MR) is 82.1 cm³/mol. The molecule has 0 aromatic carbocycles. The summed E-state index contributed by atoms with van der Waals surface area (Å²) in [6.07, 6.45) is 0.405. The number of rotatable bonds is 6. The second-order valence-electron chi connectivity index (χ2n) is 4.80. The molecule has 2 amide bonds. The number of aliphatic carboxylic acids is 1. The third-order valence-electron chi connectivity index (χ3n) is 3.50. The van der Waals surface area contributed by atoms with E-state index in [9.17, 15) is 18.0 Å². The van der Waals surface area contributed by atoms with Gasteiger partial charge in [-0.05, 0) is 6.42 Å². The van der Waals surface area contributed by atoms with Crippen LogP contribution in [0.25, 0.3) is 0 Å². The summed E-state index contributed by atoms with van der Waals surface area (Å²) < 4.78 is 24.1. The molecule has 0 aromatic rings. The summed E-state index contributed by atoms with van der Waals surface area (Å²) in [4.78, 5) is 24.4. The zero-order valence-electron chi connectivity index (χ0n) is 12.2. The Morgan fingerprint density at radius 3 is 2.62 bits per heavy atom. The van der Waals surface area contributed by atoms with Crippen LogP contribution in [0.1, 0.15) is 20.3 Å². The Labute approximate surface area is 129 Å². The van der Waals surface area contributed by atoms with Gasteiger partial charge in [-0.25, -0.2) is 13.2 Å². The molecule has 0 bridgehead atoms. The molecule has 2 unspecified atom stereocenters. The van der Waals surface area contributed by atoms with Crippen LogP contribution in [0.2, 0.25) is 0 Å². The lowest BCUT2D eigenvalue weighted by Crippen LogP contribution is -2.54. The van der Waals surface area contributed by atoms with Gasteiger partial charge in [0.15, 0.2) is 9.84 Å². The predicted octanol–water partition coefficient (Wildman–Crippen LogP) is 0.616. The number of sulfone groups is 1. The molecule has 0 aliphatic carbocycles. The first kappa shape index (κ1) is 18.1. The smallest absolute Gasteiger partial charge is 0.318 e. The highest BCUT2D eigenvalue weighted by Crippen LogP contribution is 2.21. The molecular formula is C12H22N2O5S2. The molecule has 7 nitrogen and oxygen atoms in total. The van der Waals surface area contributed by atoms with E-state index in [1.165, 1.54) is 16.7 Å². The normalized spacial score (nSPS) is 20.9. The summed E-state index contributed by atoms with van der Waals surface area (Å²) in [7, 11) is -3.35. The third kappa shape index (κ3) is 4.77. The lowest BCUT2D eigenvalue weighted by atomic mass is 10.1. The quantitative estimate of drug-likeness (QED) is 0.736. The van der Waals surface area contributed by atoms with Crippen molar-refractivity contribution in [2.75, 3.05) is 30.3 Å². The summed E-state index contributed by atoms with van der Waals surface area (Å²) in [5.74, 6) is -0.604. The van der Waals surface area contributed by atoms with Gasteiger partial charge in [0, 0.05) is 30.3 Å². The van der Waals surface area contributed by atoms with Gasteiger partial charge in [0.2, 0.25) is 0 Å². The average molecular weight is 338 g/mol. The van der Waals surface area contributed by atoms with Crippen LogP contribution in [-0.4, -0.2) is 66.1 Å². The average Bonchev–Trinajstić information content (AvgIpc) is 2.47. The molecule has 2 atom stereocenters. The van der Waals surface area contributed by atoms with Crippen molar-refractivity contribution in [3.8, 4) is 0 Å². The first-order chi connectivity index (χ1) is 9.83. The minimum atomic E-state index is -3.35. The molecule has 0 radical (unpaired) electrons. The van der Waals surface area contributed by atoms with Gasteiger partial charge in [0.1, 0.15) is 5.37 Å². The maximum absolute atomic E-state index is 12.2. The van der Waals surface area contributed by atoms with Gasteiger partial charge in [-0.1, -0.05) is 13.8 Å². The molecule has 0 aromatic heterocycles. The minimum Gasteiger partial charge on any atom is -0.481 e. The molecule has 21 heavy (non-hydrogen) atoms. The molecule has 1 aliphatic rings. The Morgan fingerprint density at radius 1 is 1.43 bits per heavy atom. The summed E-state index contributed by atoms with van der Waals surface area (Å²) in [5, 5.41) is 10.7. The van der Waals surface area contributed by atoms with Gasteiger partial charge >= 0.3 is 12.0 Å². The van der Waals surface area contributed by atoms with Crippen molar-refractivity contribution >= 4 is 33.6 Å². The fourth-order valence-corrected chi connectivity index (χ4v) is 4.99. The Balaban J connectivity index is 2.72. The number of carboxylic acids is 1. The fourth-order valence-electron chi connectivity index (χ4n) is 2.02. The zero-order valence-corrected chi connectivity index (χ0v) is 13.9. The Kier molecular flexibility index (Phi) is 6.79. The van der Waals surface area contributed by atoms with E-state index in [1.807, 2.05) is 0 Å². The van der Waals surface area contributed by atoms with Crippen molar-refractivity contribution in [1.82, 2.24) is 10.2 Å². The number of nitrogens with one attached hydrogen (secondary N) is 1. The van der Waals surface area contributed by atoms with Crippen molar-refractivity contribution in [3.05, 3.63) is 0 Å². The van der Waals surface area contributed by atoms with Gasteiger partial charge in [-0.3, -0.25) is 4.79 Å². The van der Waals surface area contributed by atoms with E-state index < -0.39 is 33.1 Å². The van der Waals surface area contributed by atoms with E-state index in [2.05, 4.69) is 5.32 Å². The van der Waals surface area contributed by atoms with Crippen LogP contribution in [-0.2, 0) is 14.6 Å². The molecule has 122 valence electrons. The van der Waals surface area contributed by atoms with Crippen LogP contribution in [0, 0.1) is 5.92 Å². The largest absolute Gasteiger partial charge is 0.481 e. The zero-order chi connectivity index (χ0) is 16.0. The van der Waals surface area contributed by atoms with Gasteiger partial charge < -0.3 is 15.3 Å². The van der Waals surface area contributed by atoms with Crippen molar-refractivity contribution in [2.24, 2.45) is 5.92 Å².